The van der Waals surface area contributed by atoms with Gasteiger partial charge in [-0.2, -0.15) is 0 Å². The van der Waals surface area contributed by atoms with E-state index in [0.717, 1.165) is 11.1 Å². The molecule has 2 atom stereocenters. The van der Waals surface area contributed by atoms with Gasteiger partial charge in [-0.3, -0.25) is 0 Å². The molecule has 1 aliphatic carbocycles. The smallest absolute Gasteiger partial charge is 0.132 e. The first-order chi connectivity index (χ1) is 5.20. The first-order valence-electron chi connectivity index (χ1n) is 3.63. The molecule has 2 heteroatoms. The van der Waals surface area contributed by atoms with E-state index in [2.05, 4.69) is 0 Å². The molecule has 0 N–H and O–H groups in total. The predicted octanol–water partition coefficient (Wildman–Crippen LogP) is 3.47. The quantitative estimate of drug-likeness (QED) is 0.559. The van der Waals surface area contributed by atoms with E-state index in [1.165, 1.54) is 0 Å². The van der Waals surface area contributed by atoms with Crippen LogP contribution in [0.3, 0.4) is 0 Å². The van der Waals surface area contributed by atoms with Crippen molar-refractivity contribution in [1.82, 2.24) is 0 Å². The van der Waals surface area contributed by atoms with Crippen LogP contribution >= 0.6 is 11.6 Å². The van der Waals surface area contributed by atoms with E-state index in [4.69, 9.17) is 11.6 Å². The molecule has 0 amide bonds. The minimum absolute atomic E-state index is 0.0577. The van der Waals surface area contributed by atoms with Crippen molar-refractivity contribution in [3.63, 3.8) is 0 Å². The summed E-state index contributed by atoms with van der Waals surface area (Å²) < 4.78 is 13.0. The molecule has 1 unspecified atom stereocenters. The lowest BCUT2D eigenvalue weighted by molar-refractivity contribution is 0.258. The molecule has 0 saturated heterocycles. The van der Waals surface area contributed by atoms with Gasteiger partial charge in [0.15, 0.2) is 0 Å². The number of benzene rings is 1. The summed E-state index contributed by atoms with van der Waals surface area (Å²) in [5, 5.41) is 0.623. The summed E-state index contributed by atoms with van der Waals surface area (Å²) in [6.45, 7) is 1.89. The van der Waals surface area contributed by atoms with Crippen LogP contribution in [0.1, 0.15) is 30.1 Å². The Labute approximate surface area is 70.0 Å². The van der Waals surface area contributed by atoms with Gasteiger partial charge in [0, 0.05) is 10.9 Å². The number of fused-ring (bicyclic) bond motifs is 1. The molecular weight excluding hydrogens is 163 g/mol. The maximum absolute atomic E-state index is 13.0. The number of hydrogen-bond donors (Lipinski definition) is 0. The van der Waals surface area contributed by atoms with E-state index in [1.807, 2.05) is 19.1 Å². The van der Waals surface area contributed by atoms with E-state index in [9.17, 15) is 4.39 Å². The van der Waals surface area contributed by atoms with Crippen molar-refractivity contribution in [3.05, 3.63) is 34.3 Å². The molecule has 1 aliphatic rings. The van der Waals surface area contributed by atoms with Crippen molar-refractivity contribution in [2.45, 2.75) is 19.0 Å². The zero-order valence-electron chi connectivity index (χ0n) is 6.14. The summed E-state index contributed by atoms with van der Waals surface area (Å²) in [6.07, 6.45) is -0.802. The van der Waals surface area contributed by atoms with Gasteiger partial charge in [-0.15, -0.1) is 0 Å². The van der Waals surface area contributed by atoms with Crippen molar-refractivity contribution < 1.29 is 4.39 Å². The SMILES string of the molecule is CC1c2ccc(Cl)cc2[C@@H]1F. The molecule has 0 fully saturated rings. The largest absolute Gasteiger partial charge is 0.242 e. The van der Waals surface area contributed by atoms with Crippen LogP contribution in [0.5, 0.6) is 0 Å². The van der Waals surface area contributed by atoms with Crippen molar-refractivity contribution in [1.29, 1.82) is 0 Å². The van der Waals surface area contributed by atoms with Gasteiger partial charge >= 0.3 is 0 Å². The third kappa shape index (κ3) is 0.875. The molecule has 0 aromatic heterocycles. The zero-order valence-corrected chi connectivity index (χ0v) is 6.90. The number of alkyl halides is 1. The van der Waals surface area contributed by atoms with E-state index in [0.29, 0.717) is 5.02 Å². The molecule has 0 bridgehead atoms. The van der Waals surface area contributed by atoms with Crippen LogP contribution in [0, 0.1) is 0 Å². The molecule has 1 aromatic carbocycles. The number of halogens is 2. The van der Waals surface area contributed by atoms with E-state index in [-0.39, 0.29) is 5.92 Å². The highest BCUT2D eigenvalue weighted by atomic mass is 35.5. The van der Waals surface area contributed by atoms with Gasteiger partial charge in [-0.25, -0.2) is 4.39 Å². The van der Waals surface area contributed by atoms with Gasteiger partial charge in [0.2, 0.25) is 0 Å². The molecule has 1 aromatic rings. The molecule has 11 heavy (non-hydrogen) atoms. The molecule has 2 rings (SSSR count). The molecule has 0 radical (unpaired) electrons. The molecule has 0 nitrogen and oxygen atoms in total. The van der Waals surface area contributed by atoms with Gasteiger partial charge in [0.25, 0.3) is 0 Å². The van der Waals surface area contributed by atoms with Gasteiger partial charge in [-0.1, -0.05) is 24.6 Å². The topological polar surface area (TPSA) is 0 Å². The van der Waals surface area contributed by atoms with Crippen LogP contribution in [0.15, 0.2) is 18.2 Å². The van der Waals surface area contributed by atoms with Crippen LogP contribution in [0.2, 0.25) is 5.02 Å². The van der Waals surface area contributed by atoms with Crippen LogP contribution in [-0.4, -0.2) is 0 Å². The monoisotopic (exact) mass is 170 g/mol. The van der Waals surface area contributed by atoms with Crippen LogP contribution < -0.4 is 0 Å². The van der Waals surface area contributed by atoms with E-state index >= 15 is 0 Å². The molecule has 0 spiro atoms. The highest BCUT2D eigenvalue weighted by Crippen LogP contribution is 2.47. The fourth-order valence-corrected chi connectivity index (χ4v) is 1.71. The average molecular weight is 171 g/mol. The lowest BCUT2D eigenvalue weighted by Crippen LogP contribution is -2.17. The Balaban J connectivity index is 2.50. The minimum atomic E-state index is -0.802. The summed E-state index contributed by atoms with van der Waals surface area (Å²) in [6, 6.07) is 5.42. The summed E-state index contributed by atoms with van der Waals surface area (Å²) in [5.41, 5.74) is 1.87. The Morgan fingerprint density at radius 1 is 1.36 bits per heavy atom. The van der Waals surface area contributed by atoms with E-state index in [1.54, 1.807) is 6.07 Å². The maximum atomic E-state index is 13.0. The summed E-state index contributed by atoms with van der Waals surface area (Å²) in [5.74, 6) is 0.0577. The Hall–Kier alpha value is -0.560. The standard InChI is InChI=1S/C9H8ClF/c1-5-7-3-2-6(10)4-8(7)9(5)11/h2-5,9H,1H3/t5?,9-/m1/s1. The van der Waals surface area contributed by atoms with Crippen LogP contribution in [-0.2, 0) is 0 Å². The molecular formula is C9H8ClF. The maximum Gasteiger partial charge on any atom is 0.132 e. The predicted molar refractivity (Wildman–Crippen MR) is 43.7 cm³/mol. The highest BCUT2D eigenvalue weighted by Gasteiger charge is 2.33. The normalized spacial score (nSPS) is 27.5. The fraction of sp³-hybridized carbons (Fsp3) is 0.333. The third-order valence-corrected chi connectivity index (χ3v) is 2.51. The second-order valence-electron chi connectivity index (χ2n) is 2.96. The average Bonchev–Trinajstić information content (AvgIpc) is 2.03. The Kier molecular flexibility index (Phi) is 1.43. The lowest BCUT2D eigenvalue weighted by atomic mass is 9.77. The Morgan fingerprint density at radius 3 is 2.82 bits per heavy atom. The third-order valence-electron chi connectivity index (χ3n) is 2.28. The molecule has 0 heterocycles. The van der Waals surface area contributed by atoms with Gasteiger partial charge in [-0.05, 0) is 23.3 Å². The van der Waals surface area contributed by atoms with Crippen molar-refractivity contribution in [2.75, 3.05) is 0 Å². The lowest BCUT2D eigenvalue weighted by Gasteiger charge is -2.31. The molecule has 0 aliphatic heterocycles. The van der Waals surface area contributed by atoms with Crippen LogP contribution in [0.25, 0.3) is 0 Å². The van der Waals surface area contributed by atoms with Crippen molar-refractivity contribution in [2.24, 2.45) is 0 Å². The molecule has 58 valence electrons. The van der Waals surface area contributed by atoms with Gasteiger partial charge in [0.05, 0.1) is 0 Å². The number of rotatable bonds is 0. The highest BCUT2D eigenvalue weighted by molar-refractivity contribution is 6.30. The summed E-state index contributed by atoms with van der Waals surface area (Å²) >= 11 is 5.70. The Morgan fingerprint density at radius 2 is 2.09 bits per heavy atom. The summed E-state index contributed by atoms with van der Waals surface area (Å²) in [4.78, 5) is 0. The number of hydrogen-bond acceptors (Lipinski definition) is 0. The Bertz CT molecular complexity index is 296. The fourth-order valence-electron chi connectivity index (χ4n) is 1.53. The van der Waals surface area contributed by atoms with Crippen molar-refractivity contribution >= 4 is 11.6 Å². The van der Waals surface area contributed by atoms with E-state index < -0.39 is 6.17 Å². The summed E-state index contributed by atoms with van der Waals surface area (Å²) in [7, 11) is 0. The minimum Gasteiger partial charge on any atom is -0.242 e. The second kappa shape index (κ2) is 2.21. The van der Waals surface area contributed by atoms with Gasteiger partial charge < -0.3 is 0 Å². The zero-order chi connectivity index (χ0) is 8.01. The van der Waals surface area contributed by atoms with Gasteiger partial charge in [0.1, 0.15) is 6.17 Å². The van der Waals surface area contributed by atoms with Crippen molar-refractivity contribution in [3.8, 4) is 0 Å². The second-order valence-corrected chi connectivity index (χ2v) is 3.40. The first-order valence-corrected chi connectivity index (χ1v) is 4.01. The van der Waals surface area contributed by atoms with Crippen LogP contribution in [0.4, 0.5) is 4.39 Å². The first kappa shape index (κ1) is 7.11. The molecule has 0 saturated carbocycles.